The van der Waals surface area contributed by atoms with E-state index in [1.165, 1.54) is 12.3 Å². The first-order valence-corrected chi connectivity index (χ1v) is 3.77. The molecule has 66 valence electrons. The van der Waals surface area contributed by atoms with Gasteiger partial charge in [-0.1, -0.05) is 11.2 Å². The van der Waals surface area contributed by atoms with Gasteiger partial charge in [0.05, 0.1) is 6.20 Å². The monoisotopic (exact) mass is 177 g/mol. The molecule has 0 saturated carbocycles. The first-order valence-electron chi connectivity index (χ1n) is 3.77. The second kappa shape index (κ2) is 2.58. The SMILES string of the molecule is Cc1ccc(C(=O)O)c2oncc12. The van der Waals surface area contributed by atoms with Crippen molar-refractivity contribution in [2.45, 2.75) is 6.92 Å². The van der Waals surface area contributed by atoms with Crippen molar-refractivity contribution >= 4 is 16.9 Å². The number of hydrogen-bond donors (Lipinski definition) is 1. The van der Waals surface area contributed by atoms with Crippen LogP contribution in [0.2, 0.25) is 0 Å². The first kappa shape index (κ1) is 7.79. The van der Waals surface area contributed by atoms with E-state index in [2.05, 4.69) is 5.16 Å². The molecule has 0 atom stereocenters. The Hall–Kier alpha value is -1.84. The predicted molar refractivity (Wildman–Crippen MR) is 45.7 cm³/mol. The number of aromatic nitrogens is 1. The summed E-state index contributed by atoms with van der Waals surface area (Å²) in [5.74, 6) is -0.998. The van der Waals surface area contributed by atoms with Gasteiger partial charge in [0, 0.05) is 5.39 Å². The van der Waals surface area contributed by atoms with Crippen LogP contribution in [0, 0.1) is 6.92 Å². The van der Waals surface area contributed by atoms with Crippen LogP contribution < -0.4 is 0 Å². The van der Waals surface area contributed by atoms with E-state index in [0.717, 1.165) is 10.9 Å². The number of benzene rings is 1. The van der Waals surface area contributed by atoms with Crippen LogP contribution in [0.4, 0.5) is 0 Å². The minimum absolute atomic E-state index is 0.151. The number of carbonyl (C=O) groups is 1. The molecule has 13 heavy (non-hydrogen) atoms. The molecule has 0 spiro atoms. The number of aromatic carboxylic acids is 1. The molecule has 2 aromatic rings. The zero-order chi connectivity index (χ0) is 9.42. The molecule has 2 rings (SSSR count). The van der Waals surface area contributed by atoms with Gasteiger partial charge in [-0.05, 0) is 18.6 Å². The van der Waals surface area contributed by atoms with E-state index in [4.69, 9.17) is 9.63 Å². The van der Waals surface area contributed by atoms with E-state index >= 15 is 0 Å². The minimum Gasteiger partial charge on any atom is -0.478 e. The Bertz CT molecular complexity index is 473. The van der Waals surface area contributed by atoms with E-state index in [1.54, 1.807) is 6.07 Å². The van der Waals surface area contributed by atoms with Crippen molar-refractivity contribution in [2.24, 2.45) is 0 Å². The number of rotatable bonds is 1. The Morgan fingerprint density at radius 2 is 2.31 bits per heavy atom. The molecular formula is C9H7NO3. The van der Waals surface area contributed by atoms with Gasteiger partial charge in [0.1, 0.15) is 5.56 Å². The Morgan fingerprint density at radius 1 is 1.54 bits per heavy atom. The fraction of sp³-hybridized carbons (Fsp3) is 0.111. The van der Waals surface area contributed by atoms with Gasteiger partial charge in [-0.25, -0.2) is 4.79 Å². The van der Waals surface area contributed by atoms with Crippen LogP contribution in [0.5, 0.6) is 0 Å². The summed E-state index contributed by atoms with van der Waals surface area (Å²) in [5, 5.41) is 13.1. The van der Waals surface area contributed by atoms with Gasteiger partial charge in [0.25, 0.3) is 0 Å². The molecule has 4 heteroatoms. The lowest BCUT2D eigenvalue weighted by Gasteiger charge is -1.96. The third kappa shape index (κ3) is 1.07. The predicted octanol–water partition coefficient (Wildman–Crippen LogP) is 1.83. The molecular weight excluding hydrogens is 170 g/mol. The van der Waals surface area contributed by atoms with Gasteiger partial charge in [-0.15, -0.1) is 0 Å². The molecule has 1 aromatic heterocycles. The third-order valence-corrected chi connectivity index (χ3v) is 1.97. The zero-order valence-electron chi connectivity index (χ0n) is 6.94. The van der Waals surface area contributed by atoms with E-state index in [9.17, 15) is 4.79 Å². The van der Waals surface area contributed by atoms with Crippen molar-refractivity contribution < 1.29 is 14.4 Å². The van der Waals surface area contributed by atoms with Crippen molar-refractivity contribution in [2.75, 3.05) is 0 Å². The maximum absolute atomic E-state index is 10.7. The van der Waals surface area contributed by atoms with E-state index in [0.29, 0.717) is 5.58 Å². The lowest BCUT2D eigenvalue weighted by Crippen LogP contribution is -1.96. The molecule has 0 bridgehead atoms. The van der Waals surface area contributed by atoms with Crippen LogP contribution >= 0.6 is 0 Å². The molecule has 0 unspecified atom stereocenters. The molecule has 1 N–H and O–H groups in total. The van der Waals surface area contributed by atoms with Gasteiger partial charge in [-0.2, -0.15) is 0 Å². The number of hydrogen-bond acceptors (Lipinski definition) is 3. The van der Waals surface area contributed by atoms with Gasteiger partial charge in [0.2, 0.25) is 0 Å². The summed E-state index contributed by atoms with van der Waals surface area (Å²) in [5.41, 5.74) is 1.45. The average Bonchev–Trinajstić information content (AvgIpc) is 2.53. The number of nitrogens with zero attached hydrogens (tertiary/aromatic N) is 1. The Balaban J connectivity index is 2.86. The van der Waals surface area contributed by atoms with Gasteiger partial charge in [-0.3, -0.25) is 0 Å². The summed E-state index contributed by atoms with van der Waals surface area (Å²) in [6.07, 6.45) is 1.52. The molecule has 0 saturated heterocycles. The van der Waals surface area contributed by atoms with E-state index in [1.807, 2.05) is 6.92 Å². The fourth-order valence-corrected chi connectivity index (χ4v) is 1.26. The Morgan fingerprint density at radius 3 is 3.00 bits per heavy atom. The summed E-state index contributed by atoms with van der Waals surface area (Å²) in [4.78, 5) is 10.7. The molecule has 0 radical (unpaired) electrons. The second-order valence-corrected chi connectivity index (χ2v) is 2.80. The Kier molecular flexibility index (Phi) is 1.55. The van der Waals surface area contributed by atoms with Crippen molar-refractivity contribution in [3.05, 3.63) is 29.5 Å². The lowest BCUT2D eigenvalue weighted by molar-refractivity contribution is 0.0697. The summed E-state index contributed by atoms with van der Waals surface area (Å²) in [6, 6.07) is 3.26. The second-order valence-electron chi connectivity index (χ2n) is 2.80. The van der Waals surface area contributed by atoms with Crippen LogP contribution in [-0.4, -0.2) is 16.2 Å². The van der Waals surface area contributed by atoms with Crippen LogP contribution in [0.1, 0.15) is 15.9 Å². The highest BCUT2D eigenvalue weighted by Gasteiger charge is 2.13. The van der Waals surface area contributed by atoms with Crippen molar-refractivity contribution in [1.82, 2.24) is 5.16 Å². The number of carboxylic acid groups (broad SMARTS) is 1. The van der Waals surface area contributed by atoms with E-state index < -0.39 is 5.97 Å². The zero-order valence-corrected chi connectivity index (χ0v) is 6.94. The van der Waals surface area contributed by atoms with Crippen LogP contribution in [0.25, 0.3) is 11.0 Å². The maximum atomic E-state index is 10.7. The smallest absolute Gasteiger partial charge is 0.339 e. The molecule has 0 amide bonds. The molecule has 1 aromatic carbocycles. The fourth-order valence-electron chi connectivity index (χ4n) is 1.26. The van der Waals surface area contributed by atoms with Gasteiger partial charge >= 0.3 is 5.97 Å². The molecule has 0 aliphatic carbocycles. The normalized spacial score (nSPS) is 10.5. The molecule has 4 nitrogen and oxygen atoms in total. The molecule has 0 fully saturated rings. The highest BCUT2D eigenvalue weighted by molar-refractivity contribution is 6.01. The number of fused-ring (bicyclic) bond motifs is 1. The van der Waals surface area contributed by atoms with Crippen LogP contribution in [-0.2, 0) is 0 Å². The lowest BCUT2D eigenvalue weighted by atomic mass is 10.1. The average molecular weight is 177 g/mol. The van der Waals surface area contributed by atoms with Crippen LogP contribution in [0.15, 0.2) is 22.9 Å². The van der Waals surface area contributed by atoms with E-state index in [-0.39, 0.29) is 5.56 Å². The van der Waals surface area contributed by atoms with Gasteiger partial charge in [0.15, 0.2) is 5.58 Å². The quantitative estimate of drug-likeness (QED) is 0.721. The maximum Gasteiger partial charge on any atom is 0.339 e. The van der Waals surface area contributed by atoms with Crippen LogP contribution in [0.3, 0.4) is 0 Å². The number of carboxylic acids is 1. The topological polar surface area (TPSA) is 63.3 Å². The van der Waals surface area contributed by atoms with Crippen molar-refractivity contribution in [3.8, 4) is 0 Å². The number of aryl methyl sites for hydroxylation is 1. The highest BCUT2D eigenvalue weighted by Crippen LogP contribution is 2.21. The van der Waals surface area contributed by atoms with Gasteiger partial charge < -0.3 is 9.63 Å². The molecule has 1 heterocycles. The Labute approximate surface area is 73.8 Å². The third-order valence-electron chi connectivity index (χ3n) is 1.97. The molecule has 0 aliphatic rings. The standard InChI is InChI=1S/C9H7NO3/c1-5-2-3-6(9(11)12)8-7(5)4-10-13-8/h2-4H,1H3,(H,11,12). The largest absolute Gasteiger partial charge is 0.478 e. The summed E-state index contributed by atoms with van der Waals surface area (Å²) in [7, 11) is 0. The summed E-state index contributed by atoms with van der Waals surface area (Å²) in [6.45, 7) is 1.88. The first-order chi connectivity index (χ1) is 6.20. The summed E-state index contributed by atoms with van der Waals surface area (Å²) < 4.78 is 4.86. The minimum atomic E-state index is -0.998. The summed E-state index contributed by atoms with van der Waals surface area (Å²) >= 11 is 0. The molecule has 0 aliphatic heterocycles. The van der Waals surface area contributed by atoms with Crippen molar-refractivity contribution in [1.29, 1.82) is 0 Å². The highest BCUT2D eigenvalue weighted by atomic mass is 16.5. The van der Waals surface area contributed by atoms with Crippen molar-refractivity contribution in [3.63, 3.8) is 0 Å².